The summed E-state index contributed by atoms with van der Waals surface area (Å²) in [5.41, 5.74) is 11.6. The van der Waals surface area contributed by atoms with Crippen LogP contribution in [0.5, 0.6) is 5.75 Å². The van der Waals surface area contributed by atoms with Crippen LogP contribution in [0.25, 0.3) is 39.1 Å². The topological polar surface area (TPSA) is 9.23 Å². The summed E-state index contributed by atoms with van der Waals surface area (Å²) >= 11 is 0. The smallest absolute Gasteiger partial charge is 0.178 e. The lowest BCUT2D eigenvalue weighted by molar-refractivity contribution is 0.163. The number of rotatable bonds is 2. The Morgan fingerprint density at radius 3 is 1.78 bits per heavy atom. The Balaban J connectivity index is 1.33. The van der Waals surface area contributed by atoms with Crippen LogP contribution in [0.4, 0.5) is 8.78 Å². The van der Waals surface area contributed by atoms with Crippen molar-refractivity contribution in [2.24, 2.45) is 0 Å². The summed E-state index contributed by atoms with van der Waals surface area (Å²) in [7, 11) is 0. The molecule has 0 spiro atoms. The largest absolute Gasteiger partial charge is 0.472 e. The molecule has 1 nitrogen and oxygen atoms in total. The van der Waals surface area contributed by atoms with Gasteiger partial charge in [-0.25, -0.2) is 8.78 Å². The van der Waals surface area contributed by atoms with Gasteiger partial charge >= 0.3 is 0 Å². The van der Waals surface area contributed by atoms with Crippen molar-refractivity contribution in [1.82, 2.24) is 0 Å². The molecule has 0 unspecified atom stereocenters. The lowest BCUT2D eigenvalue weighted by Gasteiger charge is -2.38. The lowest BCUT2D eigenvalue weighted by atomic mass is 9.76. The van der Waals surface area contributed by atoms with Crippen molar-refractivity contribution in [3.05, 3.63) is 166 Å². The van der Waals surface area contributed by atoms with E-state index in [9.17, 15) is 8.78 Å². The molecule has 1 heterocycles. The number of ether oxygens (including phenoxy) is 1. The molecule has 224 valence electrons. The summed E-state index contributed by atoms with van der Waals surface area (Å²) in [6.45, 7) is 9.30. The van der Waals surface area contributed by atoms with E-state index in [2.05, 4.69) is 101 Å². The summed E-state index contributed by atoms with van der Waals surface area (Å²) < 4.78 is 35.5. The molecule has 0 saturated carbocycles. The fourth-order valence-corrected chi connectivity index (χ4v) is 8.50. The van der Waals surface area contributed by atoms with E-state index in [1.165, 1.54) is 68.8 Å². The van der Waals surface area contributed by atoms with Crippen LogP contribution >= 0.6 is 0 Å². The van der Waals surface area contributed by atoms with Gasteiger partial charge in [0.15, 0.2) is 5.60 Å². The third kappa shape index (κ3) is 3.43. The molecule has 1 aliphatic heterocycles. The van der Waals surface area contributed by atoms with Gasteiger partial charge in [-0.2, -0.15) is 0 Å². The van der Waals surface area contributed by atoms with E-state index in [4.69, 9.17) is 4.74 Å². The van der Waals surface area contributed by atoms with E-state index in [1.807, 2.05) is 0 Å². The maximum absolute atomic E-state index is 14.2. The summed E-state index contributed by atoms with van der Waals surface area (Å²) in [5.74, 6) is 0.141. The summed E-state index contributed by atoms with van der Waals surface area (Å²) in [5, 5.41) is 2.15. The molecule has 0 saturated heterocycles. The Bertz CT molecular complexity index is 2240. The number of fused-ring (bicyclic) bond motifs is 11. The van der Waals surface area contributed by atoms with E-state index < -0.39 is 5.60 Å². The van der Waals surface area contributed by atoms with Crippen molar-refractivity contribution < 1.29 is 13.5 Å². The quantitative estimate of drug-likeness (QED) is 0.192. The predicted molar refractivity (Wildman–Crippen MR) is 182 cm³/mol. The second-order valence-corrected chi connectivity index (χ2v) is 14.0. The van der Waals surface area contributed by atoms with Gasteiger partial charge in [0.05, 0.1) is 0 Å². The molecule has 0 aromatic heterocycles. The van der Waals surface area contributed by atoms with Crippen LogP contribution < -0.4 is 4.74 Å². The SMILES string of the molecule is CC1(C)c2ccccc2-c2cc3c(cc21)-c1c(c2c(c4ccccc14)OC(c1ccc(F)cc1)(c1ccc(F)cc1)C=C2)C3(C)C. The molecular weight excluding hydrogens is 570 g/mol. The zero-order valence-electron chi connectivity index (χ0n) is 26.2. The average Bonchev–Trinajstić information content (AvgIpc) is 3.44. The van der Waals surface area contributed by atoms with Crippen LogP contribution in [0.15, 0.2) is 115 Å². The minimum absolute atomic E-state index is 0.106. The zero-order chi connectivity index (χ0) is 31.6. The highest BCUT2D eigenvalue weighted by Gasteiger charge is 2.46. The number of hydrogen-bond acceptors (Lipinski definition) is 1. The molecule has 2 aliphatic carbocycles. The first-order valence-corrected chi connectivity index (χ1v) is 15.9. The molecule has 0 radical (unpaired) electrons. The number of hydrogen-bond donors (Lipinski definition) is 0. The maximum Gasteiger partial charge on any atom is 0.178 e. The van der Waals surface area contributed by atoms with Gasteiger partial charge in [0.1, 0.15) is 17.4 Å². The van der Waals surface area contributed by atoms with Crippen molar-refractivity contribution >= 4 is 16.8 Å². The van der Waals surface area contributed by atoms with Gasteiger partial charge in [-0.3, -0.25) is 0 Å². The number of benzene rings is 6. The molecule has 0 amide bonds. The van der Waals surface area contributed by atoms with Gasteiger partial charge in [0, 0.05) is 32.9 Å². The molecular formula is C43H32F2O. The molecule has 3 heteroatoms. The van der Waals surface area contributed by atoms with Crippen molar-refractivity contribution in [3.8, 4) is 28.0 Å². The van der Waals surface area contributed by atoms with Crippen LogP contribution in [0.2, 0.25) is 0 Å². The van der Waals surface area contributed by atoms with Crippen molar-refractivity contribution in [2.45, 2.75) is 44.1 Å². The standard InChI is InChI=1S/C43H32F2O/c1-41(2)35-12-8-7-9-29(35)33-23-37-34(24-36(33)41)38-30-10-5-6-11-31(30)40-32(39(38)42(37,3)4)21-22-43(46-40,25-13-17-27(44)18-14-25)26-15-19-28(45)20-16-26/h5-24H,1-4H3. The van der Waals surface area contributed by atoms with Crippen molar-refractivity contribution in [1.29, 1.82) is 0 Å². The Morgan fingerprint density at radius 2 is 1.11 bits per heavy atom. The third-order valence-corrected chi connectivity index (χ3v) is 10.8. The zero-order valence-corrected chi connectivity index (χ0v) is 26.2. The molecule has 0 fully saturated rings. The molecule has 6 aromatic rings. The summed E-state index contributed by atoms with van der Waals surface area (Å²) in [4.78, 5) is 0. The third-order valence-electron chi connectivity index (χ3n) is 10.8. The van der Waals surface area contributed by atoms with Crippen LogP contribution in [0, 0.1) is 11.6 Å². The molecule has 0 bridgehead atoms. The van der Waals surface area contributed by atoms with Gasteiger partial charge < -0.3 is 4.74 Å². The Hall–Kier alpha value is -5.02. The van der Waals surface area contributed by atoms with Crippen LogP contribution in [-0.4, -0.2) is 0 Å². The molecule has 3 aliphatic rings. The van der Waals surface area contributed by atoms with Crippen molar-refractivity contribution in [3.63, 3.8) is 0 Å². The van der Waals surface area contributed by atoms with Crippen LogP contribution in [0.3, 0.4) is 0 Å². The first-order valence-electron chi connectivity index (χ1n) is 15.9. The van der Waals surface area contributed by atoms with E-state index in [0.29, 0.717) is 0 Å². The minimum Gasteiger partial charge on any atom is -0.472 e. The highest BCUT2D eigenvalue weighted by atomic mass is 19.1. The maximum atomic E-state index is 14.2. The van der Waals surface area contributed by atoms with Crippen LogP contribution in [0.1, 0.15) is 66.6 Å². The van der Waals surface area contributed by atoms with E-state index in [0.717, 1.165) is 33.2 Å². The lowest BCUT2D eigenvalue weighted by Crippen LogP contribution is -2.35. The minimum atomic E-state index is -1.07. The molecule has 9 rings (SSSR count). The molecule has 0 N–H and O–H groups in total. The average molecular weight is 603 g/mol. The van der Waals surface area contributed by atoms with Gasteiger partial charge in [0.2, 0.25) is 0 Å². The predicted octanol–water partition coefficient (Wildman–Crippen LogP) is 11.1. The fourth-order valence-electron chi connectivity index (χ4n) is 8.50. The van der Waals surface area contributed by atoms with Gasteiger partial charge in [-0.05, 0) is 92.4 Å². The van der Waals surface area contributed by atoms with Gasteiger partial charge in [-0.15, -0.1) is 0 Å². The van der Waals surface area contributed by atoms with Gasteiger partial charge in [0.25, 0.3) is 0 Å². The summed E-state index contributed by atoms with van der Waals surface area (Å²) in [6.07, 6.45) is 4.24. The normalized spacial score (nSPS) is 17.1. The highest BCUT2D eigenvalue weighted by Crippen LogP contribution is 2.61. The first kappa shape index (κ1) is 27.3. The van der Waals surface area contributed by atoms with E-state index in [-0.39, 0.29) is 22.5 Å². The Kier molecular flexibility index (Phi) is 5.37. The second kappa shape index (κ2) is 9.04. The fraction of sp³-hybridized carbons (Fsp3) is 0.163. The van der Waals surface area contributed by atoms with E-state index in [1.54, 1.807) is 24.3 Å². The molecule has 0 atom stereocenters. The van der Waals surface area contributed by atoms with Crippen LogP contribution in [-0.2, 0) is 16.4 Å². The Morgan fingerprint density at radius 1 is 0.543 bits per heavy atom. The number of halogens is 2. The van der Waals surface area contributed by atoms with Gasteiger partial charge in [-0.1, -0.05) is 107 Å². The summed E-state index contributed by atoms with van der Waals surface area (Å²) in [6, 6.07) is 35.0. The monoisotopic (exact) mass is 602 g/mol. The first-order chi connectivity index (χ1) is 22.1. The second-order valence-electron chi connectivity index (χ2n) is 14.0. The molecule has 6 aromatic carbocycles. The van der Waals surface area contributed by atoms with Crippen molar-refractivity contribution in [2.75, 3.05) is 0 Å². The molecule has 46 heavy (non-hydrogen) atoms. The highest BCUT2D eigenvalue weighted by molar-refractivity contribution is 6.09. The van der Waals surface area contributed by atoms with E-state index >= 15 is 0 Å². The Labute approximate surface area is 267 Å².